The molecule has 0 saturated carbocycles. The Balaban J connectivity index is 1.67. The molecule has 1 aliphatic heterocycles. The van der Waals surface area contributed by atoms with Crippen LogP contribution in [0.15, 0.2) is 49.1 Å². The van der Waals surface area contributed by atoms with Gasteiger partial charge in [0.15, 0.2) is 11.5 Å². The maximum Gasteiger partial charge on any atom is 0.165 e. The first-order valence-corrected chi connectivity index (χ1v) is 9.13. The molecule has 2 aromatic heterocycles. The summed E-state index contributed by atoms with van der Waals surface area (Å²) in [4.78, 5) is 15.2. The van der Waals surface area contributed by atoms with E-state index in [2.05, 4.69) is 56.3 Å². The summed E-state index contributed by atoms with van der Waals surface area (Å²) in [5, 5.41) is 2.46. The molecule has 5 rings (SSSR count). The molecule has 1 unspecified atom stereocenters. The van der Waals surface area contributed by atoms with E-state index in [0.29, 0.717) is 17.9 Å². The fraction of sp³-hybridized carbons (Fsp3) is 0.250. The second-order valence-corrected chi connectivity index (χ2v) is 7.08. The Morgan fingerprint density at radius 1 is 1.07 bits per heavy atom. The van der Waals surface area contributed by atoms with E-state index in [0.717, 1.165) is 25.2 Å². The molecule has 2 aromatic carbocycles. The summed E-state index contributed by atoms with van der Waals surface area (Å²) >= 11 is 0. The largest absolute Gasteiger partial charge is 0.382 e. The van der Waals surface area contributed by atoms with Gasteiger partial charge in [-0.2, -0.15) is 0 Å². The number of rotatable bonds is 3. The van der Waals surface area contributed by atoms with E-state index in [4.69, 9.17) is 11.5 Å². The second kappa shape index (κ2) is 6.21. The van der Waals surface area contributed by atoms with Crippen LogP contribution >= 0.6 is 0 Å². The number of fused-ring (bicyclic) bond motifs is 2. The zero-order valence-corrected chi connectivity index (χ0v) is 14.9. The van der Waals surface area contributed by atoms with Crippen LogP contribution in [-0.2, 0) is 6.54 Å². The van der Waals surface area contributed by atoms with Crippen LogP contribution in [0.4, 0.5) is 11.5 Å². The molecule has 1 fully saturated rings. The number of hydrogen-bond acceptors (Lipinski definition) is 6. The molecule has 27 heavy (non-hydrogen) atoms. The molecular formula is C20H21N7. The molecule has 3 heterocycles. The van der Waals surface area contributed by atoms with E-state index in [9.17, 15) is 0 Å². The zero-order chi connectivity index (χ0) is 18.4. The van der Waals surface area contributed by atoms with Crippen molar-refractivity contribution in [1.29, 1.82) is 0 Å². The minimum Gasteiger partial charge on any atom is -0.382 e. The third-order valence-electron chi connectivity index (χ3n) is 5.34. The van der Waals surface area contributed by atoms with Crippen LogP contribution in [0.5, 0.6) is 0 Å². The fourth-order valence-corrected chi connectivity index (χ4v) is 3.98. The average Bonchev–Trinajstić information content (AvgIpc) is 3.29. The molecule has 7 heteroatoms. The van der Waals surface area contributed by atoms with Gasteiger partial charge in [0.1, 0.15) is 11.8 Å². The van der Waals surface area contributed by atoms with Crippen molar-refractivity contribution in [2.24, 2.45) is 5.73 Å². The third-order valence-corrected chi connectivity index (χ3v) is 5.34. The molecule has 0 amide bonds. The summed E-state index contributed by atoms with van der Waals surface area (Å²) in [6.45, 7) is 2.52. The summed E-state index contributed by atoms with van der Waals surface area (Å²) in [5.41, 5.74) is 16.0. The van der Waals surface area contributed by atoms with Gasteiger partial charge in [-0.15, -0.1) is 0 Å². The molecule has 4 aromatic rings. The zero-order valence-electron chi connectivity index (χ0n) is 14.9. The van der Waals surface area contributed by atoms with Gasteiger partial charge >= 0.3 is 0 Å². The predicted octanol–water partition coefficient (Wildman–Crippen LogP) is 2.15. The van der Waals surface area contributed by atoms with Crippen LogP contribution < -0.4 is 16.4 Å². The van der Waals surface area contributed by atoms with E-state index in [1.165, 1.54) is 28.4 Å². The quantitative estimate of drug-likeness (QED) is 0.581. The Labute approximate surface area is 156 Å². The monoisotopic (exact) mass is 359 g/mol. The lowest BCUT2D eigenvalue weighted by Gasteiger charge is -2.23. The highest BCUT2D eigenvalue weighted by atomic mass is 15.2. The third kappa shape index (κ3) is 2.67. The van der Waals surface area contributed by atoms with Crippen molar-refractivity contribution < 1.29 is 0 Å². The fourth-order valence-electron chi connectivity index (χ4n) is 3.98. The van der Waals surface area contributed by atoms with E-state index in [1.807, 2.05) is 4.57 Å². The van der Waals surface area contributed by atoms with Crippen molar-refractivity contribution in [3.05, 3.63) is 54.6 Å². The van der Waals surface area contributed by atoms with Gasteiger partial charge in [0.05, 0.1) is 12.9 Å². The minimum absolute atomic E-state index is 0.228. The van der Waals surface area contributed by atoms with Gasteiger partial charge in [0, 0.05) is 30.4 Å². The molecule has 0 spiro atoms. The normalized spacial score (nSPS) is 17.2. The maximum absolute atomic E-state index is 6.16. The number of aromatic nitrogens is 4. The van der Waals surface area contributed by atoms with Crippen LogP contribution in [-0.4, -0.2) is 38.7 Å². The summed E-state index contributed by atoms with van der Waals surface area (Å²) in [6.07, 6.45) is 4.29. The molecule has 7 nitrogen and oxygen atoms in total. The number of imidazole rings is 1. The number of nitrogens with two attached hydrogens (primary N) is 2. The number of anilines is 2. The van der Waals surface area contributed by atoms with Crippen LogP contribution in [0.1, 0.15) is 12.0 Å². The lowest BCUT2D eigenvalue weighted by molar-refractivity contribution is 0.751. The molecule has 0 aliphatic carbocycles. The highest BCUT2D eigenvalue weighted by Crippen LogP contribution is 2.32. The Morgan fingerprint density at radius 3 is 2.81 bits per heavy atom. The van der Waals surface area contributed by atoms with Gasteiger partial charge in [-0.05, 0) is 23.3 Å². The number of benzene rings is 2. The van der Waals surface area contributed by atoms with Crippen molar-refractivity contribution in [2.45, 2.75) is 19.0 Å². The van der Waals surface area contributed by atoms with Gasteiger partial charge in [-0.3, -0.25) is 0 Å². The first kappa shape index (κ1) is 16.0. The maximum atomic E-state index is 6.16. The van der Waals surface area contributed by atoms with Crippen LogP contribution in [0.3, 0.4) is 0 Å². The highest BCUT2D eigenvalue weighted by Gasteiger charge is 2.23. The SMILES string of the molecule is Nc1ncnc2c1ncn2Cc1c(N2CCC(N)C2)ccc2ccccc12. The van der Waals surface area contributed by atoms with Crippen molar-refractivity contribution in [3.63, 3.8) is 0 Å². The summed E-state index contributed by atoms with van der Waals surface area (Å²) in [7, 11) is 0. The number of nitrogens with zero attached hydrogens (tertiary/aromatic N) is 5. The van der Waals surface area contributed by atoms with Crippen molar-refractivity contribution in [1.82, 2.24) is 19.5 Å². The molecular weight excluding hydrogens is 338 g/mol. The summed E-state index contributed by atoms with van der Waals surface area (Å²) < 4.78 is 2.04. The van der Waals surface area contributed by atoms with Crippen LogP contribution in [0, 0.1) is 0 Å². The van der Waals surface area contributed by atoms with E-state index in [1.54, 1.807) is 6.33 Å². The lowest BCUT2D eigenvalue weighted by Crippen LogP contribution is -2.27. The number of hydrogen-bond donors (Lipinski definition) is 2. The first-order valence-electron chi connectivity index (χ1n) is 9.13. The predicted molar refractivity (Wildman–Crippen MR) is 108 cm³/mol. The van der Waals surface area contributed by atoms with Gasteiger partial charge in [0.25, 0.3) is 0 Å². The summed E-state index contributed by atoms with van der Waals surface area (Å²) in [6, 6.07) is 13.1. The molecule has 136 valence electrons. The van der Waals surface area contributed by atoms with E-state index >= 15 is 0 Å². The first-order chi connectivity index (χ1) is 13.2. The molecule has 0 bridgehead atoms. The molecule has 4 N–H and O–H groups in total. The highest BCUT2D eigenvalue weighted by molar-refractivity contribution is 5.91. The Kier molecular flexibility index (Phi) is 3.68. The van der Waals surface area contributed by atoms with Crippen molar-refractivity contribution >= 4 is 33.4 Å². The molecule has 0 radical (unpaired) electrons. The van der Waals surface area contributed by atoms with E-state index < -0.39 is 0 Å². The summed E-state index contributed by atoms with van der Waals surface area (Å²) in [5.74, 6) is 0.405. The van der Waals surface area contributed by atoms with Gasteiger partial charge in [0.2, 0.25) is 0 Å². The minimum atomic E-state index is 0.228. The standard InChI is InChI=1S/C20H21N7/c21-14-7-8-26(9-14)17-6-5-13-3-1-2-4-15(13)16(17)10-27-12-25-18-19(22)23-11-24-20(18)27/h1-6,11-12,14H,7-10,21H2,(H2,22,23,24). The van der Waals surface area contributed by atoms with Gasteiger partial charge < -0.3 is 20.9 Å². The van der Waals surface area contributed by atoms with E-state index in [-0.39, 0.29) is 6.04 Å². The number of nitrogen functional groups attached to an aromatic ring is 1. The smallest absolute Gasteiger partial charge is 0.165 e. The van der Waals surface area contributed by atoms with Crippen molar-refractivity contribution in [3.8, 4) is 0 Å². The molecule has 1 saturated heterocycles. The van der Waals surface area contributed by atoms with Gasteiger partial charge in [-0.1, -0.05) is 30.3 Å². The Bertz CT molecular complexity index is 1130. The van der Waals surface area contributed by atoms with Crippen LogP contribution in [0.2, 0.25) is 0 Å². The second-order valence-electron chi connectivity index (χ2n) is 7.08. The van der Waals surface area contributed by atoms with Crippen molar-refractivity contribution in [2.75, 3.05) is 23.7 Å². The Hall–Kier alpha value is -3.19. The lowest BCUT2D eigenvalue weighted by atomic mass is 10.0. The Morgan fingerprint density at radius 2 is 1.96 bits per heavy atom. The average molecular weight is 359 g/mol. The topological polar surface area (TPSA) is 98.9 Å². The van der Waals surface area contributed by atoms with Crippen LogP contribution in [0.25, 0.3) is 21.9 Å². The van der Waals surface area contributed by atoms with Gasteiger partial charge in [-0.25, -0.2) is 15.0 Å². The molecule has 1 aliphatic rings. The molecule has 1 atom stereocenters.